The van der Waals surface area contributed by atoms with Crippen molar-refractivity contribution in [3.05, 3.63) is 47.8 Å². The third-order valence-corrected chi connectivity index (χ3v) is 3.12. The largest absolute Gasteiger partial charge is 0.494 e. The maximum atomic E-state index is 6.17. The van der Waals surface area contributed by atoms with E-state index in [2.05, 4.69) is 25.0 Å². The molecule has 1 aromatic heterocycles. The highest BCUT2D eigenvalue weighted by Gasteiger charge is 2.10. The quantitative estimate of drug-likeness (QED) is 0.867. The molecule has 0 fully saturated rings. The SMILES string of the molecule is CCn1nccc1C(N)CCOc1cccc(C)c1. The topological polar surface area (TPSA) is 53.1 Å². The highest BCUT2D eigenvalue weighted by atomic mass is 16.5. The summed E-state index contributed by atoms with van der Waals surface area (Å²) in [5.41, 5.74) is 8.43. The summed E-state index contributed by atoms with van der Waals surface area (Å²) in [6.45, 7) is 5.57. The fraction of sp³-hybridized carbons (Fsp3) is 0.400. The van der Waals surface area contributed by atoms with Gasteiger partial charge in [-0.25, -0.2) is 0 Å². The normalized spacial score (nSPS) is 12.4. The molecule has 1 aromatic carbocycles. The minimum atomic E-state index is -0.0349. The second kappa shape index (κ2) is 6.38. The summed E-state index contributed by atoms with van der Waals surface area (Å²) >= 11 is 0. The molecule has 0 aliphatic rings. The molecule has 0 aliphatic carbocycles. The van der Waals surface area contributed by atoms with E-state index < -0.39 is 0 Å². The molecule has 1 atom stereocenters. The monoisotopic (exact) mass is 259 g/mol. The number of nitrogens with zero attached hydrogens (tertiary/aromatic N) is 2. The van der Waals surface area contributed by atoms with Gasteiger partial charge in [-0.3, -0.25) is 4.68 Å². The van der Waals surface area contributed by atoms with E-state index in [1.165, 1.54) is 5.56 Å². The van der Waals surface area contributed by atoms with E-state index in [9.17, 15) is 0 Å². The van der Waals surface area contributed by atoms with E-state index in [1.807, 2.05) is 28.9 Å². The van der Waals surface area contributed by atoms with Gasteiger partial charge in [-0.1, -0.05) is 12.1 Å². The minimum absolute atomic E-state index is 0.0349. The predicted octanol–water partition coefficient (Wildman–Crippen LogP) is 2.68. The Morgan fingerprint density at radius 2 is 2.21 bits per heavy atom. The van der Waals surface area contributed by atoms with Gasteiger partial charge in [0.15, 0.2) is 0 Å². The lowest BCUT2D eigenvalue weighted by Gasteiger charge is -2.14. The van der Waals surface area contributed by atoms with Gasteiger partial charge < -0.3 is 10.5 Å². The first kappa shape index (κ1) is 13.6. The van der Waals surface area contributed by atoms with Crippen molar-refractivity contribution in [2.45, 2.75) is 32.9 Å². The molecule has 0 radical (unpaired) electrons. The van der Waals surface area contributed by atoms with Crippen LogP contribution in [0.4, 0.5) is 0 Å². The summed E-state index contributed by atoms with van der Waals surface area (Å²) in [5.74, 6) is 0.899. The fourth-order valence-electron chi connectivity index (χ4n) is 2.08. The number of ether oxygens (including phenoxy) is 1. The van der Waals surface area contributed by atoms with Crippen LogP contribution in [0.3, 0.4) is 0 Å². The third-order valence-electron chi connectivity index (χ3n) is 3.12. The fourth-order valence-corrected chi connectivity index (χ4v) is 2.08. The highest BCUT2D eigenvalue weighted by molar-refractivity contribution is 5.27. The lowest BCUT2D eigenvalue weighted by Crippen LogP contribution is -2.18. The number of hydrogen-bond donors (Lipinski definition) is 1. The summed E-state index contributed by atoms with van der Waals surface area (Å²) in [4.78, 5) is 0. The Bertz CT molecular complexity index is 522. The molecular weight excluding hydrogens is 238 g/mol. The number of aryl methyl sites for hydroxylation is 2. The Balaban J connectivity index is 1.86. The molecule has 0 amide bonds. The van der Waals surface area contributed by atoms with E-state index in [0.29, 0.717) is 6.61 Å². The van der Waals surface area contributed by atoms with Crippen molar-refractivity contribution in [3.8, 4) is 5.75 Å². The van der Waals surface area contributed by atoms with Crippen molar-refractivity contribution in [1.29, 1.82) is 0 Å². The lowest BCUT2D eigenvalue weighted by molar-refractivity contribution is 0.295. The van der Waals surface area contributed by atoms with Gasteiger partial charge in [-0.05, 0) is 37.6 Å². The Morgan fingerprint density at radius 3 is 2.95 bits per heavy atom. The average Bonchev–Trinajstić information content (AvgIpc) is 2.87. The Labute approximate surface area is 114 Å². The molecule has 19 heavy (non-hydrogen) atoms. The molecule has 0 spiro atoms. The van der Waals surface area contributed by atoms with Crippen LogP contribution < -0.4 is 10.5 Å². The predicted molar refractivity (Wildman–Crippen MR) is 76.1 cm³/mol. The van der Waals surface area contributed by atoms with Gasteiger partial charge in [-0.2, -0.15) is 5.10 Å². The highest BCUT2D eigenvalue weighted by Crippen LogP contribution is 2.16. The van der Waals surface area contributed by atoms with Gasteiger partial charge in [0, 0.05) is 25.2 Å². The van der Waals surface area contributed by atoms with Crippen molar-refractivity contribution < 1.29 is 4.74 Å². The molecular formula is C15H21N3O. The maximum Gasteiger partial charge on any atom is 0.119 e. The van der Waals surface area contributed by atoms with Gasteiger partial charge in [0.25, 0.3) is 0 Å². The Kier molecular flexibility index (Phi) is 4.58. The molecule has 0 saturated heterocycles. The third kappa shape index (κ3) is 3.58. The molecule has 2 aromatic rings. The molecule has 1 unspecified atom stereocenters. The molecule has 1 heterocycles. The summed E-state index contributed by atoms with van der Waals surface area (Å²) in [5, 5.41) is 4.23. The first-order valence-electron chi connectivity index (χ1n) is 6.67. The van der Waals surface area contributed by atoms with Gasteiger partial charge in [0.2, 0.25) is 0 Å². The molecule has 102 valence electrons. The second-order valence-corrected chi connectivity index (χ2v) is 4.63. The molecule has 0 aliphatic heterocycles. The Morgan fingerprint density at radius 1 is 1.37 bits per heavy atom. The molecule has 2 rings (SSSR count). The number of hydrogen-bond acceptors (Lipinski definition) is 3. The number of nitrogens with two attached hydrogens (primary N) is 1. The summed E-state index contributed by atoms with van der Waals surface area (Å²) in [6, 6.07) is 9.99. The first-order valence-corrected chi connectivity index (χ1v) is 6.67. The first-order chi connectivity index (χ1) is 9.20. The summed E-state index contributed by atoms with van der Waals surface area (Å²) in [7, 11) is 0. The van der Waals surface area contributed by atoms with Crippen LogP contribution in [-0.2, 0) is 6.54 Å². The minimum Gasteiger partial charge on any atom is -0.494 e. The molecule has 0 saturated carbocycles. The van der Waals surface area contributed by atoms with Gasteiger partial charge >= 0.3 is 0 Å². The van der Waals surface area contributed by atoms with Crippen molar-refractivity contribution in [1.82, 2.24) is 9.78 Å². The van der Waals surface area contributed by atoms with Crippen molar-refractivity contribution in [3.63, 3.8) is 0 Å². The Hall–Kier alpha value is -1.81. The molecule has 4 nitrogen and oxygen atoms in total. The van der Waals surface area contributed by atoms with Gasteiger partial charge in [0.05, 0.1) is 12.3 Å². The van der Waals surface area contributed by atoms with Crippen LogP contribution in [0, 0.1) is 6.92 Å². The van der Waals surface area contributed by atoms with Crippen LogP contribution in [0.1, 0.15) is 30.6 Å². The van der Waals surface area contributed by atoms with Crippen LogP contribution >= 0.6 is 0 Å². The van der Waals surface area contributed by atoms with Gasteiger partial charge in [-0.15, -0.1) is 0 Å². The molecule has 4 heteroatoms. The average molecular weight is 259 g/mol. The number of benzene rings is 1. The van der Waals surface area contributed by atoms with E-state index in [4.69, 9.17) is 10.5 Å². The summed E-state index contributed by atoms with van der Waals surface area (Å²) in [6.07, 6.45) is 2.57. The van der Waals surface area contributed by atoms with E-state index in [-0.39, 0.29) is 6.04 Å². The van der Waals surface area contributed by atoms with E-state index in [1.54, 1.807) is 6.20 Å². The van der Waals surface area contributed by atoms with Crippen LogP contribution in [-0.4, -0.2) is 16.4 Å². The number of aromatic nitrogens is 2. The second-order valence-electron chi connectivity index (χ2n) is 4.63. The summed E-state index contributed by atoms with van der Waals surface area (Å²) < 4.78 is 7.65. The number of rotatable bonds is 6. The zero-order valence-corrected chi connectivity index (χ0v) is 11.5. The zero-order valence-electron chi connectivity index (χ0n) is 11.5. The van der Waals surface area contributed by atoms with Crippen LogP contribution in [0.5, 0.6) is 5.75 Å². The van der Waals surface area contributed by atoms with Crippen LogP contribution in [0.25, 0.3) is 0 Å². The van der Waals surface area contributed by atoms with Crippen LogP contribution in [0.15, 0.2) is 36.5 Å². The smallest absolute Gasteiger partial charge is 0.119 e. The molecule has 0 bridgehead atoms. The van der Waals surface area contributed by atoms with E-state index in [0.717, 1.165) is 24.4 Å². The van der Waals surface area contributed by atoms with Gasteiger partial charge in [0.1, 0.15) is 5.75 Å². The maximum absolute atomic E-state index is 6.17. The van der Waals surface area contributed by atoms with Crippen molar-refractivity contribution in [2.24, 2.45) is 5.73 Å². The van der Waals surface area contributed by atoms with Crippen LogP contribution in [0.2, 0.25) is 0 Å². The van der Waals surface area contributed by atoms with Crippen molar-refractivity contribution >= 4 is 0 Å². The zero-order chi connectivity index (χ0) is 13.7. The van der Waals surface area contributed by atoms with E-state index >= 15 is 0 Å². The molecule has 2 N–H and O–H groups in total. The lowest BCUT2D eigenvalue weighted by atomic mass is 10.1. The standard InChI is InChI=1S/C15H21N3O/c1-3-18-15(7-9-17-18)14(16)8-10-19-13-6-4-5-12(2)11-13/h4-7,9,11,14H,3,8,10,16H2,1-2H3. The van der Waals surface area contributed by atoms with Crippen molar-refractivity contribution in [2.75, 3.05) is 6.61 Å².